The monoisotopic (exact) mass is 490 g/mol. The van der Waals surface area contributed by atoms with Gasteiger partial charge >= 0.3 is 0 Å². The van der Waals surface area contributed by atoms with Gasteiger partial charge in [0.25, 0.3) is 0 Å². The lowest BCUT2D eigenvalue weighted by molar-refractivity contribution is -0.118. The third kappa shape index (κ3) is 6.54. The van der Waals surface area contributed by atoms with Crippen molar-refractivity contribution in [1.29, 1.82) is 0 Å². The van der Waals surface area contributed by atoms with Crippen LogP contribution in [0.25, 0.3) is 5.69 Å². The van der Waals surface area contributed by atoms with Gasteiger partial charge in [-0.1, -0.05) is 48.2 Å². The van der Waals surface area contributed by atoms with Gasteiger partial charge in [0.15, 0.2) is 16.7 Å². The molecule has 180 valence electrons. The van der Waals surface area contributed by atoms with Crippen molar-refractivity contribution in [2.45, 2.75) is 18.3 Å². The molecule has 8 nitrogen and oxygen atoms in total. The highest BCUT2D eigenvalue weighted by atomic mass is 32.2. The minimum absolute atomic E-state index is 0.109. The number of rotatable bonds is 11. The molecule has 9 heteroatoms. The second-order valence-corrected chi connectivity index (χ2v) is 8.45. The van der Waals surface area contributed by atoms with E-state index >= 15 is 0 Å². The summed E-state index contributed by atoms with van der Waals surface area (Å²) in [5.41, 5.74) is 2.88. The van der Waals surface area contributed by atoms with Crippen molar-refractivity contribution in [1.82, 2.24) is 20.1 Å². The Morgan fingerprint density at radius 3 is 2.49 bits per heavy atom. The number of thioether (sulfide) groups is 1. The maximum absolute atomic E-state index is 12.5. The number of carbonyl (C=O) groups is 1. The molecule has 0 atom stereocenters. The number of amides is 1. The van der Waals surface area contributed by atoms with Gasteiger partial charge in [0.2, 0.25) is 5.91 Å². The van der Waals surface area contributed by atoms with Crippen LogP contribution in [0.1, 0.15) is 11.1 Å². The third-order valence-electron chi connectivity index (χ3n) is 5.15. The molecule has 1 aromatic heterocycles. The van der Waals surface area contributed by atoms with E-state index in [2.05, 4.69) is 15.5 Å². The molecular formula is C26H26N4O4S. The number of methoxy groups -OCH3 is 2. The van der Waals surface area contributed by atoms with Gasteiger partial charge in [-0.2, -0.15) is 0 Å². The van der Waals surface area contributed by atoms with Gasteiger partial charge in [-0.25, -0.2) is 0 Å². The Hall–Kier alpha value is -3.98. The quantitative estimate of drug-likeness (QED) is 0.314. The second kappa shape index (κ2) is 11.9. The summed E-state index contributed by atoms with van der Waals surface area (Å²) in [6.07, 6.45) is 1.62. The first-order valence-corrected chi connectivity index (χ1v) is 11.9. The number of hydrogen-bond donors (Lipinski definition) is 1. The minimum atomic E-state index is -0.109. The molecule has 3 aromatic carbocycles. The van der Waals surface area contributed by atoms with Gasteiger partial charge in [-0.05, 0) is 47.5 Å². The standard InChI is InChI=1S/C26H26N4O4S/c1-32-22-11-9-21(10-12-22)30-18-28-29-26(30)35-17-25(31)27-15-20-8-13-23(24(14-20)33-2)34-16-19-6-4-3-5-7-19/h3-14,18H,15-17H2,1-2H3,(H,27,31). The summed E-state index contributed by atoms with van der Waals surface area (Å²) in [4.78, 5) is 12.5. The molecule has 0 radical (unpaired) electrons. The Balaban J connectivity index is 1.29. The molecule has 1 N–H and O–H groups in total. The van der Waals surface area contributed by atoms with Gasteiger partial charge in [0.1, 0.15) is 18.7 Å². The van der Waals surface area contributed by atoms with Crippen LogP contribution in [-0.2, 0) is 17.9 Å². The molecule has 1 amide bonds. The molecule has 4 rings (SSSR count). The highest BCUT2D eigenvalue weighted by Gasteiger charge is 2.11. The normalized spacial score (nSPS) is 10.6. The van der Waals surface area contributed by atoms with Crippen LogP contribution in [-0.4, -0.2) is 40.6 Å². The van der Waals surface area contributed by atoms with Crippen molar-refractivity contribution < 1.29 is 19.0 Å². The summed E-state index contributed by atoms with van der Waals surface area (Å²) in [7, 11) is 3.22. The fraction of sp³-hybridized carbons (Fsp3) is 0.192. The predicted octanol–water partition coefficient (Wildman–Crippen LogP) is 4.27. The third-order valence-corrected chi connectivity index (χ3v) is 6.10. The summed E-state index contributed by atoms with van der Waals surface area (Å²) in [5, 5.41) is 11.7. The lowest BCUT2D eigenvalue weighted by Crippen LogP contribution is -2.24. The molecule has 0 saturated carbocycles. The van der Waals surface area contributed by atoms with E-state index in [1.807, 2.05) is 77.4 Å². The van der Waals surface area contributed by atoms with E-state index in [4.69, 9.17) is 14.2 Å². The smallest absolute Gasteiger partial charge is 0.230 e. The number of nitrogens with one attached hydrogen (secondary N) is 1. The summed E-state index contributed by atoms with van der Waals surface area (Å²) in [5.74, 6) is 2.14. The van der Waals surface area contributed by atoms with Crippen LogP contribution in [0.3, 0.4) is 0 Å². The molecule has 0 unspecified atom stereocenters. The average molecular weight is 491 g/mol. The van der Waals surface area contributed by atoms with Crippen LogP contribution >= 0.6 is 11.8 Å². The summed E-state index contributed by atoms with van der Waals surface area (Å²) >= 11 is 1.32. The molecule has 0 aliphatic heterocycles. The maximum atomic E-state index is 12.5. The van der Waals surface area contributed by atoms with Crippen molar-refractivity contribution >= 4 is 17.7 Å². The van der Waals surface area contributed by atoms with Gasteiger partial charge in [-0.3, -0.25) is 9.36 Å². The Kier molecular flexibility index (Phi) is 8.24. The molecule has 0 bridgehead atoms. The number of aromatic nitrogens is 3. The van der Waals surface area contributed by atoms with Crippen LogP contribution in [0.15, 0.2) is 84.3 Å². The molecular weight excluding hydrogens is 464 g/mol. The highest BCUT2D eigenvalue weighted by molar-refractivity contribution is 7.99. The zero-order valence-corrected chi connectivity index (χ0v) is 20.3. The molecule has 1 heterocycles. The first kappa shape index (κ1) is 24.2. The van der Waals surface area contributed by atoms with Crippen molar-refractivity contribution in [2.24, 2.45) is 0 Å². The van der Waals surface area contributed by atoms with Crippen LogP contribution in [0.5, 0.6) is 17.2 Å². The summed E-state index contributed by atoms with van der Waals surface area (Å²) in [6.45, 7) is 0.825. The van der Waals surface area contributed by atoms with E-state index in [1.54, 1.807) is 20.5 Å². The van der Waals surface area contributed by atoms with E-state index in [0.29, 0.717) is 29.8 Å². The number of hydrogen-bond acceptors (Lipinski definition) is 7. The van der Waals surface area contributed by atoms with Crippen molar-refractivity contribution in [2.75, 3.05) is 20.0 Å². The number of carbonyl (C=O) groups excluding carboxylic acids is 1. The topological polar surface area (TPSA) is 87.5 Å². The van der Waals surface area contributed by atoms with Crippen LogP contribution < -0.4 is 19.5 Å². The van der Waals surface area contributed by atoms with Crippen molar-refractivity contribution in [3.8, 4) is 22.9 Å². The predicted molar refractivity (Wildman–Crippen MR) is 134 cm³/mol. The molecule has 0 aliphatic rings. The fourth-order valence-corrected chi connectivity index (χ4v) is 4.06. The SMILES string of the molecule is COc1ccc(-n2cnnc2SCC(=O)NCc2ccc(OCc3ccccc3)c(OC)c2)cc1. The summed E-state index contributed by atoms with van der Waals surface area (Å²) in [6, 6.07) is 23.1. The first-order valence-electron chi connectivity index (χ1n) is 10.9. The molecule has 0 fully saturated rings. The average Bonchev–Trinajstić information content (AvgIpc) is 3.39. The van der Waals surface area contributed by atoms with Gasteiger partial charge < -0.3 is 19.5 Å². The Morgan fingerprint density at radius 2 is 1.74 bits per heavy atom. The van der Waals surface area contributed by atoms with Crippen LogP contribution in [0, 0.1) is 0 Å². The van der Waals surface area contributed by atoms with Gasteiger partial charge in [0.05, 0.1) is 20.0 Å². The van der Waals surface area contributed by atoms with Gasteiger partial charge in [-0.15, -0.1) is 10.2 Å². The lowest BCUT2D eigenvalue weighted by atomic mass is 10.2. The van der Waals surface area contributed by atoms with Gasteiger partial charge in [0, 0.05) is 12.2 Å². The highest BCUT2D eigenvalue weighted by Crippen LogP contribution is 2.29. The van der Waals surface area contributed by atoms with Crippen molar-refractivity contribution in [3.05, 3.63) is 90.3 Å². The molecule has 0 saturated heterocycles. The Labute approximate surface area is 208 Å². The zero-order valence-electron chi connectivity index (χ0n) is 19.5. The van der Waals surface area contributed by atoms with E-state index < -0.39 is 0 Å². The first-order chi connectivity index (χ1) is 17.2. The fourth-order valence-electron chi connectivity index (χ4n) is 3.30. The lowest BCUT2D eigenvalue weighted by Gasteiger charge is -2.13. The van der Waals surface area contributed by atoms with Crippen LogP contribution in [0.2, 0.25) is 0 Å². The number of ether oxygens (including phenoxy) is 3. The van der Waals surface area contributed by atoms with Crippen LogP contribution in [0.4, 0.5) is 0 Å². The molecule has 4 aromatic rings. The number of nitrogens with zero attached hydrogens (tertiary/aromatic N) is 3. The zero-order chi connectivity index (χ0) is 24.5. The Morgan fingerprint density at radius 1 is 0.943 bits per heavy atom. The molecule has 35 heavy (non-hydrogen) atoms. The molecule has 0 spiro atoms. The largest absolute Gasteiger partial charge is 0.497 e. The van der Waals surface area contributed by atoms with E-state index in [1.165, 1.54) is 11.8 Å². The summed E-state index contributed by atoms with van der Waals surface area (Å²) < 4.78 is 18.4. The minimum Gasteiger partial charge on any atom is -0.497 e. The van der Waals surface area contributed by atoms with E-state index in [-0.39, 0.29) is 11.7 Å². The van der Waals surface area contributed by atoms with Crippen molar-refractivity contribution in [3.63, 3.8) is 0 Å². The second-order valence-electron chi connectivity index (χ2n) is 7.51. The molecule has 0 aliphatic carbocycles. The van der Waals surface area contributed by atoms with E-state index in [9.17, 15) is 4.79 Å². The van der Waals surface area contributed by atoms with E-state index in [0.717, 1.165) is 22.6 Å². The Bertz CT molecular complexity index is 1250. The maximum Gasteiger partial charge on any atom is 0.230 e. The number of benzene rings is 3.